The second-order valence-electron chi connectivity index (χ2n) is 8.37. The molecule has 9 nitrogen and oxygen atoms in total. The first-order valence-corrected chi connectivity index (χ1v) is 11.3. The number of furan rings is 1. The van der Waals surface area contributed by atoms with E-state index in [2.05, 4.69) is 15.3 Å². The van der Waals surface area contributed by atoms with Crippen molar-refractivity contribution in [2.75, 3.05) is 31.1 Å². The molecule has 1 saturated heterocycles. The first-order chi connectivity index (χ1) is 16.6. The molecule has 3 aromatic heterocycles. The van der Waals surface area contributed by atoms with Crippen molar-refractivity contribution in [3.63, 3.8) is 0 Å². The van der Waals surface area contributed by atoms with Gasteiger partial charge in [-0.1, -0.05) is 29.8 Å². The molecule has 1 aliphatic heterocycles. The van der Waals surface area contributed by atoms with Crippen LogP contribution in [0.2, 0.25) is 0 Å². The molecule has 9 heteroatoms. The smallest absolute Gasteiger partial charge is 0.317 e. The zero-order chi connectivity index (χ0) is 23.5. The van der Waals surface area contributed by atoms with Crippen LogP contribution in [-0.4, -0.2) is 51.6 Å². The quantitative estimate of drug-likeness (QED) is 0.494. The molecule has 4 heterocycles. The minimum Gasteiger partial charge on any atom is -0.467 e. The van der Waals surface area contributed by atoms with Gasteiger partial charge in [0.15, 0.2) is 11.5 Å². The highest BCUT2D eigenvalue weighted by Gasteiger charge is 2.25. The second kappa shape index (κ2) is 9.38. The molecule has 0 saturated carbocycles. The molecule has 1 fully saturated rings. The van der Waals surface area contributed by atoms with Crippen LogP contribution in [-0.2, 0) is 13.1 Å². The summed E-state index contributed by atoms with van der Waals surface area (Å²) in [5, 5.41) is 2.87. The Balaban J connectivity index is 1.34. The van der Waals surface area contributed by atoms with Crippen molar-refractivity contribution in [2.24, 2.45) is 0 Å². The third kappa shape index (κ3) is 4.50. The summed E-state index contributed by atoms with van der Waals surface area (Å²) in [5.41, 5.74) is 3.24. The van der Waals surface area contributed by atoms with E-state index >= 15 is 0 Å². The molecule has 0 spiro atoms. The lowest BCUT2D eigenvalue weighted by Gasteiger charge is -2.35. The monoisotopic (exact) mass is 458 g/mol. The van der Waals surface area contributed by atoms with Gasteiger partial charge >= 0.3 is 6.03 Å². The Morgan fingerprint density at radius 1 is 1.06 bits per heavy atom. The number of pyridine rings is 1. The number of carbonyl (C=O) groups is 1. The standard InChI is InChI=1S/C25H26N6O3/c1-18-6-8-19(9-7-18)17-31-22-21(5-2-10-26-22)28-23(24(31)32)29-11-13-30(14-12-29)25(33)27-16-20-4-3-15-34-20/h2-10,15H,11-14,16-17H2,1H3,(H,27,33). The van der Waals surface area contributed by atoms with Gasteiger partial charge in [0.05, 0.1) is 19.4 Å². The SMILES string of the molecule is Cc1ccc(Cn2c(=O)c(N3CCN(C(=O)NCc4ccco4)CC3)nc3cccnc32)cc1. The Kier molecular flexibility index (Phi) is 5.99. The molecule has 0 unspecified atom stereocenters. The number of carbonyl (C=O) groups excluding carboxylic acids is 1. The van der Waals surface area contributed by atoms with Gasteiger partial charge in [-0.3, -0.25) is 9.36 Å². The Hall–Kier alpha value is -4.14. The summed E-state index contributed by atoms with van der Waals surface area (Å²) in [5.74, 6) is 1.10. The summed E-state index contributed by atoms with van der Waals surface area (Å²) in [6.07, 6.45) is 3.26. The van der Waals surface area contributed by atoms with E-state index in [1.165, 1.54) is 5.56 Å². The van der Waals surface area contributed by atoms with Crippen LogP contribution in [0.1, 0.15) is 16.9 Å². The van der Waals surface area contributed by atoms with Crippen LogP contribution in [0.15, 0.2) is 70.2 Å². The van der Waals surface area contributed by atoms with Crippen molar-refractivity contribution in [1.29, 1.82) is 0 Å². The van der Waals surface area contributed by atoms with Gasteiger partial charge in [-0.15, -0.1) is 0 Å². The van der Waals surface area contributed by atoms with Gasteiger partial charge in [0.25, 0.3) is 5.56 Å². The van der Waals surface area contributed by atoms with Gasteiger partial charge in [0.1, 0.15) is 11.3 Å². The minimum absolute atomic E-state index is 0.150. The maximum atomic E-state index is 13.5. The molecule has 1 aliphatic rings. The molecular weight excluding hydrogens is 432 g/mol. The van der Waals surface area contributed by atoms with E-state index in [4.69, 9.17) is 4.42 Å². The number of hydrogen-bond acceptors (Lipinski definition) is 6. The Morgan fingerprint density at radius 3 is 2.59 bits per heavy atom. The highest BCUT2D eigenvalue weighted by molar-refractivity contribution is 5.75. The van der Waals surface area contributed by atoms with Gasteiger partial charge in [0.2, 0.25) is 0 Å². The molecule has 5 rings (SSSR count). The third-order valence-electron chi connectivity index (χ3n) is 6.01. The zero-order valence-electron chi connectivity index (χ0n) is 19.0. The molecule has 0 bridgehead atoms. The number of benzene rings is 1. The van der Waals surface area contributed by atoms with E-state index < -0.39 is 0 Å². The second-order valence-corrected chi connectivity index (χ2v) is 8.37. The minimum atomic E-state index is -0.178. The van der Waals surface area contributed by atoms with Gasteiger partial charge < -0.3 is 19.5 Å². The lowest BCUT2D eigenvalue weighted by Crippen LogP contribution is -2.53. The maximum absolute atomic E-state index is 13.5. The summed E-state index contributed by atoms with van der Waals surface area (Å²) in [7, 11) is 0. The third-order valence-corrected chi connectivity index (χ3v) is 6.01. The van der Waals surface area contributed by atoms with Gasteiger partial charge in [-0.25, -0.2) is 14.8 Å². The summed E-state index contributed by atoms with van der Waals surface area (Å²) in [4.78, 5) is 38.8. The average molecular weight is 459 g/mol. The molecule has 2 amide bonds. The van der Waals surface area contributed by atoms with Crippen molar-refractivity contribution >= 4 is 23.0 Å². The van der Waals surface area contributed by atoms with E-state index in [1.54, 1.807) is 28.0 Å². The van der Waals surface area contributed by atoms with Crippen molar-refractivity contribution in [3.05, 3.63) is 88.2 Å². The van der Waals surface area contributed by atoms with E-state index in [0.29, 0.717) is 62.0 Å². The number of fused-ring (bicyclic) bond motifs is 1. The molecule has 174 valence electrons. The van der Waals surface area contributed by atoms with Gasteiger partial charge in [-0.05, 0) is 36.8 Å². The highest BCUT2D eigenvalue weighted by atomic mass is 16.3. The predicted octanol–water partition coefficient (Wildman–Crippen LogP) is 2.77. The van der Waals surface area contributed by atoms with Crippen LogP contribution in [0.4, 0.5) is 10.6 Å². The molecule has 34 heavy (non-hydrogen) atoms. The van der Waals surface area contributed by atoms with Crippen LogP contribution in [0.5, 0.6) is 0 Å². The topological polar surface area (TPSA) is 96.5 Å². The Labute approximate surface area is 196 Å². The van der Waals surface area contributed by atoms with Crippen molar-refractivity contribution in [3.8, 4) is 0 Å². The maximum Gasteiger partial charge on any atom is 0.317 e. The number of piperazine rings is 1. The normalized spacial score (nSPS) is 13.9. The van der Waals surface area contributed by atoms with E-state index in [1.807, 2.05) is 54.3 Å². The number of aryl methyl sites for hydroxylation is 1. The van der Waals surface area contributed by atoms with Crippen LogP contribution >= 0.6 is 0 Å². The molecule has 0 radical (unpaired) electrons. The van der Waals surface area contributed by atoms with Crippen molar-refractivity contribution < 1.29 is 9.21 Å². The number of rotatable bonds is 5. The molecule has 1 N–H and O–H groups in total. The summed E-state index contributed by atoms with van der Waals surface area (Å²) < 4.78 is 6.95. The Bertz CT molecular complexity index is 1340. The number of urea groups is 1. The number of amides is 2. The fourth-order valence-electron chi connectivity index (χ4n) is 4.10. The molecule has 0 atom stereocenters. The average Bonchev–Trinajstić information content (AvgIpc) is 3.39. The lowest BCUT2D eigenvalue weighted by atomic mass is 10.1. The predicted molar refractivity (Wildman–Crippen MR) is 129 cm³/mol. The number of hydrogen-bond donors (Lipinski definition) is 1. The van der Waals surface area contributed by atoms with Crippen molar-refractivity contribution in [1.82, 2.24) is 24.8 Å². The molecule has 1 aromatic carbocycles. The highest BCUT2D eigenvalue weighted by Crippen LogP contribution is 2.16. The van der Waals surface area contributed by atoms with E-state index in [0.717, 1.165) is 5.56 Å². The first kappa shape index (κ1) is 21.7. The number of nitrogens with one attached hydrogen (secondary N) is 1. The van der Waals surface area contributed by atoms with Crippen LogP contribution in [0.25, 0.3) is 11.2 Å². The first-order valence-electron chi connectivity index (χ1n) is 11.3. The lowest BCUT2D eigenvalue weighted by molar-refractivity contribution is 0.193. The fourth-order valence-corrected chi connectivity index (χ4v) is 4.10. The Morgan fingerprint density at radius 2 is 1.85 bits per heavy atom. The van der Waals surface area contributed by atoms with Gasteiger partial charge in [0, 0.05) is 32.4 Å². The molecule has 0 aliphatic carbocycles. The molecule has 4 aromatic rings. The largest absolute Gasteiger partial charge is 0.467 e. The number of aromatic nitrogens is 3. The van der Waals surface area contributed by atoms with E-state index in [-0.39, 0.29) is 11.6 Å². The summed E-state index contributed by atoms with van der Waals surface area (Å²) in [6, 6.07) is 15.3. The van der Waals surface area contributed by atoms with Crippen LogP contribution in [0, 0.1) is 6.92 Å². The van der Waals surface area contributed by atoms with Gasteiger partial charge in [-0.2, -0.15) is 0 Å². The molecular formula is C25H26N6O3. The van der Waals surface area contributed by atoms with Crippen LogP contribution in [0.3, 0.4) is 0 Å². The number of nitrogens with zero attached hydrogens (tertiary/aromatic N) is 5. The number of anilines is 1. The van der Waals surface area contributed by atoms with E-state index in [9.17, 15) is 9.59 Å². The van der Waals surface area contributed by atoms with Crippen molar-refractivity contribution in [2.45, 2.75) is 20.0 Å². The summed E-state index contributed by atoms with van der Waals surface area (Å²) in [6.45, 7) is 4.82. The summed E-state index contributed by atoms with van der Waals surface area (Å²) >= 11 is 0. The zero-order valence-corrected chi connectivity index (χ0v) is 19.0. The fraction of sp³-hybridized carbons (Fsp3) is 0.280. The van der Waals surface area contributed by atoms with Crippen LogP contribution < -0.4 is 15.8 Å².